The van der Waals surface area contributed by atoms with Crippen molar-refractivity contribution < 1.29 is 31.1 Å². The molecule has 1 atom stereocenters. The fourth-order valence-electron chi connectivity index (χ4n) is 4.00. The number of hydrogen-bond acceptors (Lipinski definition) is 4. The molecule has 2 aliphatic rings. The molecule has 2 aliphatic heterocycles. The van der Waals surface area contributed by atoms with Crippen molar-refractivity contribution in [3.8, 4) is 5.75 Å². The molecule has 0 saturated carbocycles. The number of carbonyl (C=O) groups excluding carboxylic acids is 1. The lowest BCUT2D eigenvalue weighted by atomic mass is 9.95. The second-order valence-corrected chi connectivity index (χ2v) is 9.53. The summed E-state index contributed by atoms with van der Waals surface area (Å²) in [5.74, 6) is -0.873. The van der Waals surface area contributed by atoms with Gasteiger partial charge in [-0.2, -0.15) is 0 Å². The number of amides is 1. The molecule has 1 aromatic carbocycles. The van der Waals surface area contributed by atoms with Crippen LogP contribution >= 0.6 is 0 Å². The largest absolute Gasteiger partial charge is 0.573 e. The molecule has 6 nitrogen and oxygen atoms in total. The molecule has 1 aromatic rings. The van der Waals surface area contributed by atoms with E-state index in [1.807, 2.05) is 0 Å². The first-order chi connectivity index (χ1) is 13.6. The fourth-order valence-corrected chi connectivity index (χ4v) is 5.59. The van der Waals surface area contributed by atoms with Crippen LogP contribution in [0, 0.1) is 5.92 Å². The van der Waals surface area contributed by atoms with Crippen LogP contribution in [0.3, 0.4) is 0 Å². The molecule has 1 fully saturated rings. The van der Waals surface area contributed by atoms with Gasteiger partial charge in [-0.3, -0.25) is 4.79 Å². The molecule has 2 heterocycles. The van der Waals surface area contributed by atoms with Crippen molar-refractivity contribution in [1.82, 2.24) is 4.31 Å². The highest BCUT2D eigenvalue weighted by atomic mass is 32.2. The third-order valence-electron chi connectivity index (χ3n) is 5.26. The van der Waals surface area contributed by atoms with E-state index >= 15 is 0 Å². The Morgan fingerprint density at radius 3 is 2.69 bits per heavy atom. The number of anilines is 1. The highest BCUT2D eigenvalue weighted by Gasteiger charge is 2.36. The average molecular weight is 434 g/mol. The van der Waals surface area contributed by atoms with Gasteiger partial charge in [0.2, 0.25) is 15.9 Å². The standard InChI is InChI=1S/C19H25F3N2O4S/c1-2-11-29(26,27)23-9-3-6-15(13-23)18(25)24-10-4-5-14-12-16(7-8-17(14)24)28-19(20,21)22/h7-8,12,15H,2-6,9-11,13H2,1H3. The number of nitrogens with zero attached hydrogens (tertiary/aromatic N) is 2. The second-order valence-electron chi connectivity index (χ2n) is 7.44. The summed E-state index contributed by atoms with van der Waals surface area (Å²) < 4.78 is 67.5. The molecule has 1 saturated heterocycles. The van der Waals surface area contributed by atoms with Crippen molar-refractivity contribution >= 4 is 21.6 Å². The predicted molar refractivity (Wildman–Crippen MR) is 102 cm³/mol. The lowest BCUT2D eigenvalue weighted by molar-refractivity contribution is -0.274. The molecule has 0 bridgehead atoms. The van der Waals surface area contributed by atoms with Crippen molar-refractivity contribution in [2.45, 2.75) is 45.4 Å². The Balaban J connectivity index is 1.77. The van der Waals surface area contributed by atoms with E-state index in [0.717, 1.165) is 0 Å². The van der Waals surface area contributed by atoms with E-state index < -0.39 is 22.3 Å². The van der Waals surface area contributed by atoms with E-state index in [1.54, 1.807) is 11.8 Å². The van der Waals surface area contributed by atoms with Crippen LogP contribution in [0.5, 0.6) is 5.75 Å². The Kier molecular flexibility index (Phi) is 6.42. The number of sulfonamides is 1. The van der Waals surface area contributed by atoms with Crippen LogP contribution in [0.25, 0.3) is 0 Å². The normalized spacial score (nSPS) is 21.0. The van der Waals surface area contributed by atoms with Crippen LogP contribution in [-0.4, -0.2) is 50.4 Å². The molecule has 1 unspecified atom stereocenters. The minimum Gasteiger partial charge on any atom is -0.406 e. The summed E-state index contributed by atoms with van der Waals surface area (Å²) in [7, 11) is -3.37. The van der Waals surface area contributed by atoms with Gasteiger partial charge in [0, 0.05) is 25.3 Å². The van der Waals surface area contributed by atoms with Crippen molar-refractivity contribution in [2.75, 3.05) is 30.3 Å². The molecule has 0 aliphatic carbocycles. The molecule has 0 N–H and O–H groups in total. The maximum Gasteiger partial charge on any atom is 0.573 e. The summed E-state index contributed by atoms with van der Waals surface area (Å²) in [6.07, 6.45) is -1.88. The van der Waals surface area contributed by atoms with E-state index in [1.165, 1.54) is 22.5 Å². The van der Waals surface area contributed by atoms with E-state index in [2.05, 4.69) is 4.74 Å². The molecular weight excluding hydrogens is 409 g/mol. The highest BCUT2D eigenvalue weighted by Crippen LogP contribution is 2.34. The molecule has 162 valence electrons. The van der Waals surface area contributed by atoms with E-state index in [0.29, 0.717) is 56.4 Å². The van der Waals surface area contributed by atoms with Gasteiger partial charge in [0.05, 0.1) is 11.7 Å². The average Bonchev–Trinajstić information content (AvgIpc) is 2.65. The number of piperidine rings is 1. The number of halogens is 3. The third-order valence-corrected chi connectivity index (χ3v) is 7.30. The summed E-state index contributed by atoms with van der Waals surface area (Å²) >= 11 is 0. The minimum atomic E-state index is -4.77. The van der Waals surface area contributed by atoms with Gasteiger partial charge in [0.15, 0.2) is 0 Å². The topological polar surface area (TPSA) is 66.9 Å². The van der Waals surface area contributed by atoms with E-state index in [-0.39, 0.29) is 24.0 Å². The Morgan fingerprint density at radius 1 is 1.24 bits per heavy atom. The Bertz CT molecular complexity index is 858. The van der Waals surface area contributed by atoms with Gasteiger partial charge in [0.1, 0.15) is 5.75 Å². The molecule has 0 radical (unpaired) electrons. The van der Waals surface area contributed by atoms with Gasteiger partial charge in [-0.1, -0.05) is 6.92 Å². The third kappa shape index (κ3) is 5.22. The van der Waals surface area contributed by atoms with Crippen LogP contribution in [0.15, 0.2) is 18.2 Å². The summed E-state index contributed by atoms with van der Waals surface area (Å²) in [6, 6.07) is 4.00. The number of rotatable bonds is 5. The van der Waals surface area contributed by atoms with Gasteiger partial charge < -0.3 is 9.64 Å². The molecule has 1 amide bonds. The molecule has 29 heavy (non-hydrogen) atoms. The summed E-state index contributed by atoms with van der Waals surface area (Å²) in [6.45, 7) is 2.83. The Morgan fingerprint density at radius 2 is 2.00 bits per heavy atom. The van der Waals surface area contributed by atoms with Gasteiger partial charge >= 0.3 is 6.36 Å². The summed E-state index contributed by atoms with van der Waals surface area (Å²) in [4.78, 5) is 14.7. The number of carbonyl (C=O) groups is 1. The van der Waals surface area contributed by atoms with E-state index in [9.17, 15) is 26.4 Å². The summed E-state index contributed by atoms with van der Waals surface area (Å²) in [5, 5.41) is 0. The zero-order valence-corrected chi connectivity index (χ0v) is 17.1. The Hall–Kier alpha value is -1.81. The monoisotopic (exact) mass is 434 g/mol. The lowest BCUT2D eigenvalue weighted by Gasteiger charge is -2.36. The second kappa shape index (κ2) is 8.51. The lowest BCUT2D eigenvalue weighted by Crippen LogP contribution is -2.48. The highest BCUT2D eigenvalue weighted by molar-refractivity contribution is 7.89. The van der Waals surface area contributed by atoms with Gasteiger partial charge in [-0.25, -0.2) is 12.7 Å². The van der Waals surface area contributed by atoms with Crippen molar-refractivity contribution in [1.29, 1.82) is 0 Å². The number of fused-ring (bicyclic) bond motifs is 1. The number of alkyl halides is 3. The van der Waals surface area contributed by atoms with Crippen molar-refractivity contribution in [3.63, 3.8) is 0 Å². The van der Waals surface area contributed by atoms with Crippen LogP contribution in [0.2, 0.25) is 0 Å². The first-order valence-corrected chi connectivity index (χ1v) is 11.4. The quantitative estimate of drug-likeness (QED) is 0.713. The van der Waals surface area contributed by atoms with Crippen molar-refractivity contribution in [2.24, 2.45) is 5.92 Å². The first-order valence-electron chi connectivity index (χ1n) is 9.78. The first kappa shape index (κ1) is 21.9. The van der Waals surface area contributed by atoms with Crippen LogP contribution in [-0.2, 0) is 21.2 Å². The maximum atomic E-state index is 13.2. The van der Waals surface area contributed by atoms with Crippen LogP contribution < -0.4 is 9.64 Å². The molecule has 0 spiro atoms. The maximum absolute atomic E-state index is 13.2. The number of hydrogen-bond donors (Lipinski definition) is 0. The van der Waals surface area contributed by atoms with Gasteiger partial charge in [0.25, 0.3) is 0 Å². The number of ether oxygens (including phenoxy) is 1. The number of benzene rings is 1. The van der Waals surface area contributed by atoms with Crippen molar-refractivity contribution in [3.05, 3.63) is 23.8 Å². The minimum absolute atomic E-state index is 0.0580. The van der Waals surface area contributed by atoms with Crippen LogP contribution in [0.4, 0.5) is 18.9 Å². The molecule has 3 rings (SSSR count). The number of aryl methyl sites for hydroxylation is 1. The summed E-state index contributed by atoms with van der Waals surface area (Å²) in [5.41, 5.74) is 1.20. The fraction of sp³-hybridized carbons (Fsp3) is 0.632. The molecule has 10 heteroatoms. The zero-order chi connectivity index (χ0) is 21.2. The predicted octanol–water partition coefficient (Wildman–Crippen LogP) is 3.32. The van der Waals surface area contributed by atoms with Crippen LogP contribution in [0.1, 0.15) is 38.2 Å². The van der Waals surface area contributed by atoms with Gasteiger partial charge in [-0.15, -0.1) is 13.2 Å². The zero-order valence-electron chi connectivity index (χ0n) is 16.2. The molecule has 0 aromatic heterocycles. The Labute approximate surface area is 168 Å². The van der Waals surface area contributed by atoms with Gasteiger partial charge in [-0.05, 0) is 55.9 Å². The SMILES string of the molecule is CCCS(=O)(=O)N1CCCC(C(=O)N2CCCc3cc(OC(F)(F)F)ccc32)C1. The molecular formula is C19H25F3N2O4S. The smallest absolute Gasteiger partial charge is 0.406 e. The van der Waals surface area contributed by atoms with E-state index in [4.69, 9.17) is 0 Å².